The molecule has 4 aliphatic rings. The van der Waals surface area contributed by atoms with Crippen molar-refractivity contribution in [3.8, 4) is 0 Å². The number of nitrogens with zero attached hydrogens (tertiary/aromatic N) is 2. The molecule has 1 unspecified atom stereocenters. The van der Waals surface area contributed by atoms with E-state index in [4.69, 9.17) is 0 Å². The first-order valence-corrected chi connectivity index (χ1v) is 9.28. The smallest absolute Gasteiger partial charge is 0.149 e. The Hall–Kier alpha value is -0.450. The number of aliphatic hydroxyl groups is 1. The summed E-state index contributed by atoms with van der Waals surface area (Å²) in [5.74, 6) is 1.16. The molecular formula is C19H34N2O2. The molecule has 0 aliphatic carbocycles. The summed E-state index contributed by atoms with van der Waals surface area (Å²) in [6.45, 7) is 14.2. The van der Waals surface area contributed by atoms with Gasteiger partial charge < -0.3 is 5.11 Å². The molecule has 0 aromatic heterocycles. The largest absolute Gasteiger partial charge is 0.390 e. The second-order valence-electron chi connectivity index (χ2n) is 9.79. The molecule has 0 radical (unpaired) electrons. The van der Waals surface area contributed by atoms with Crippen LogP contribution in [0.5, 0.6) is 0 Å². The summed E-state index contributed by atoms with van der Waals surface area (Å²) in [6, 6.07) is 0. The molecule has 0 spiro atoms. The predicted molar refractivity (Wildman–Crippen MR) is 92.1 cm³/mol. The van der Waals surface area contributed by atoms with E-state index in [0.29, 0.717) is 17.9 Å². The lowest BCUT2D eigenvalue weighted by atomic mass is 9.62. The second-order valence-corrected chi connectivity index (χ2v) is 9.79. The second kappa shape index (κ2) is 5.53. The minimum absolute atomic E-state index is 0.147. The zero-order valence-electron chi connectivity index (χ0n) is 15.6. The maximum Gasteiger partial charge on any atom is 0.149 e. The van der Waals surface area contributed by atoms with E-state index in [-0.39, 0.29) is 10.8 Å². The Kier molecular flexibility index (Phi) is 4.18. The fourth-order valence-corrected chi connectivity index (χ4v) is 5.33. The van der Waals surface area contributed by atoms with Crippen LogP contribution in [0.25, 0.3) is 0 Å². The standard InChI is InChI=1S/C19H34N2O2/c1-14(7-6-8-17(2,3)23)9-15-20-10-18(4)11-21(15)13-19(5,12-20)16(18)22/h14-15,23H,6-13H2,1-5H3. The van der Waals surface area contributed by atoms with Gasteiger partial charge in [0.05, 0.1) is 22.6 Å². The molecule has 4 heteroatoms. The van der Waals surface area contributed by atoms with Gasteiger partial charge in [-0.25, -0.2) is 0 Å². The van der Waals surface area contributed by atoms with Crippen LogP contribution in [0.1, 0.15) is 60.3 Å². The minimum atomic E-state index is -0.543. The molecule has 4 bridgehead atoms. The van der Waals surface area contributed by atoms with E-state index in [2.05, 4.69) is 30.6 Å². The molecule has 4 aliphatic heterocycles. The third-order valence-electron chi connectivity index (χ3n) is 6.25. The van der Waals surface area contributed by atoms with Crippen LogP contribution in [0.2, 0.25) is 0 Å². The van der Waals surface area contributed by atoms with Crippen LogP contribution in [-0.2, 0) is 4.79 Å². The fourth-order valence-electron chi connectivity index (χ4n) is 5.33. The number of carbonyl (C=O) groups excluding carboxylic acids is 1. The number of carbonyl (C=O) groups is 1. The molecule has 23 heavy (non-hydrogen) atoms. The first kappa shape index (κ1) is 17.4. The Labute approximate surface area is 141 Å². The molecule has 0 amide bonds. The van der Waals surface area contributed by atoms with Gasteiger partial charge in [-0.05, 0) is 32.6 Å². The van der Waals surface area contributed by atoms with Gasteiger partial charge in [-0.3, -0.25) is 14.6 Å². The van der Waals surface area contributed by atoms with Crippen LogP contribution in [-0.4, -0.2) is 58.6 Å². The van der Waals surface area contributed by atoms with E-state index in [9.17, 15) is 9.90 Å². The first-order valence-electron chi connectivity index (χ1n) is 9.28. The van der Waals surface area contributed by atoms with Crippen LogP contribution >= 0.6 is 0 Å². The van der Waals surface area contributed by atoms with E-state index in [1.807, 2.05) is 13.8 Å². The minimum Gasteiger partial charge on any atom is -0.390 e. The number of rotatable bonds is 6. The van der Waals surface area contributed by atoms with E-state index >= 15 is 0 Å². The van der Waals surface area contributed by atoms with Gasteiger partial charge in [0.1, 0.15) is 5.78 Å². The topological polar surface area (TPSA) is 43.8 Å². The number of hydrogen-bond donors (Lipinski definition) is 1. The number of hydrogen-bond acceptors (Lipinski definition) is 4. The lowest BCUT2D eigenvalue weighted by Crippen LogP contribution is -2.78. The van der Waals surface area contributed by atoms with Crippen LogP contribution in [0.3, 0.4) is 0 Å². The molecule has 1 atom stereocenters. The summed E-state index contributed by atoms with van der Waals surface area (Å²) in [5.41, 5.74) is -0.837. The van der Waals surface area contributed by atoms with Crippen molar-refractivity contribution in [2.45, 2.75) is 72.1 Å². The summed E-state index contributed by atoms with van der Waals surface area (Å²) in [5, 5.41) is 9.85. The molecule has 0 saturated carbocycles. The van der Waals surface area contributed by atoms with Crippen molar-refractivity contribution in [3.63, 3.8) is 0 Å². The first-order chi connectivity index (χ1) is 10.5. The molecule has 1 N–H and O–H groups in total. The molecule has 4 heterocycles. The van der Waals surface area contributed by atoms with Gasteiger partial charge in [0, 0.05) is 26.2 Å². The summed E-state index contributed by atoms with van der Waals surface area (Å²) < 4.78 is 0. The van der Waals surface area contributed by atoms with Crippen molar-refractivity contribution >= 4 is 5.78 Å². The highest BCUT2D eigenvalue weighted by Gasteiger charge is 2.61. The molecule has 132 valence electrons. The summed E-state index contributed by atoms with van der Waals surface area (Å²) in [7, 11) is 0. The Morgan fingerprint density at radius 2 is 1.65 bits per heavy atom. The summed E-state index contributed by atoms with van der Waals surface area (Å²) in [6.07, 6.45) is 4.84. The molecule has 4 fully saturated rings. The SMILES string of the molecule is CC(CCCC(C)(C)O)CC1N2CC3(C)CN1CC(C)(C2)C3=O. The van der Waals surface area contributed by atoms with Crippen molar-refractivity contribution in [1.29, 1.82) is 0 Å². The van der Waals surface area contributed by atoms with Crippen LogP contribution < -0.4 is 0 Å². The number of ketones is 1. The normalized spacial score (nSPS) is 43.9. The lowest BCUT2D eigenvalue weighted by Gasteiger charge is -2.65. The highest BCUT2D eigenvalue weighted by Crippen LogP contribution is 2.48. The Morgan fingerprint density at radius 1 is 1.17 bits per heavy atom. The lowest BCUT2D eigenvalue weighted by molar-refractivity contribution is -0.197. The van der Waals surface area contributed by atoms with Crippen LogP contribution in [0.4, 0.5) is 0 Å². The van der Waals surface area contributed by atoms with Gasteiger partial charge in [-0.2, -0.15) is 0 Å². The average Bonchev–Trinajstić information content (AvgIpc) is 2.37. The number of Topliss-reactive ketones (excluding diaryl/α,β-unsaturated/α-hetero) is 1. The molecule has 4 rings (SSSR count). The predicted octanol–water partition coefficient (Wildman–Crippen LogP) is 2.51. The maximum absolute atomic E-state index is 12.7. The monoisotopic (exact) mass is 322 g/mol. The van der Waals surface area contributed by atoms with Gasteiger partial charge in [0.15, 0.2) is 0 Å². The molecule has 4 saturated heterocycles. The van der Waals surface area contributed by atoms with Gasteiger partial charge in [-0.1, -0.05) is 33.6 Å². The van der Waals surface area contributed by atoms with Crippen molar-refractivity contribution in [1.82, 2.24) is 9.80 Å². The Bertz CT molecular complexity index is 442. The Balaban J connectivity index is 1.58. The van der Waals surface area contributed by atoms with Crippen molar-refractivity contribution < 1.29 is 9.90 Å². The van der Waals surface area contributed by atoms with E-state index in [1.165, 1.54) is 12.8 Å². The van der Waals surface area contributed by atoms with E-state index in [1.54, 1.807) is 0 Å². The fraction of sp³-hybridized carbons (Fsp3) is 0.947. The Morgan fingerprint density at radius 3 is 2.09 bits per heavy atom. The van der Waals surface area contributed by atoms with E-state index < -0.39 is 5.60 Å². The maximum atomic E-state index is 12.7. The highest BCUT2D eigenvalue weighted by molar-refractivity contribution is 5.92. The average molecular weight is 322 g/mol. The van der Waals surface area contributed by atoms with Crippen LogP contribution in [0, 0.1) is 16.7 Å². The van der Waals surface area contributed by atoms with Gasteiger partial charge in [0.2, 0.25) is 0 Å². The molecule has 0 aromatic rings. The van der Waals surface area contributed by atoms with Gasteiger partial charge in [-0.15, -0.1) is 0 Å². The highest BCUT2D eigenvalue weighted by atomic mass is 16.3. The van der Waals surface area contributed by atoms with Gasteiger partial charge >= 0.3 is 0 Å². The zero-order chi connectivity index (χ0) is 17.0. The third-order valence-corrected chi connectivity index (χ3v) is 6.25. The van der Waals surface area contributed by atoms with Crippen molar-refractivity contribution in [2.24, 2.45) is 16.7 Å². The van der Waals surface area contributed by atoms with Crippen LogP contribution in [0.15, 0.2) is 0 Å². The summed E-state index contributed by atoms with van der Waals surface area (Å²) in [4.78, 5) is 17.8. The zero-order valence-corrected chi connectivity index (χ0v) is 15.6. The van der Waals surface area contributed by atoms with Crippen molar-refractivity contribution in [3.05, 3.63) is 0 Å². The third kappa shape index (κ3) is 3.22. The van der Waals surface area contributed by atoms with E-state index in [0.717, 1.165) is 39.0 Å². The quantitative estimate of drug-likeness (QED) is 0.816. The molecule has 4 nitrogen and oxygen atoms in total. The molecular weight excluding hydrogens is 288 g/mol. The summed E-state index contributed by atoms with van der Waals surface area (Å²) >= 11 is 0. The molecule has 0 aromatic carbocycles. The van der Waals surface area contributed by atoms with Gasteiger partial charge in [0.25, 0.3) is 0 Å². The number of piperidine rings is 2. The van der Waals surface area contributed by atoms with Crippen molar-refractivity contribution in [2.75, 3.05) is 26.2 Å².